The van der Waals surface area contributed by atoms with E-state index in [4.69, 9.17) is 11.6 Å². The molecule has 1 aromatic rings. The summed E-state index contributed by atoms with van der Waals surface area (Å²) in [6.45, 7) is 1.56. The maximum atomic E-state index is 11.9. The van der Waals surface area contributed by atoms with Crippen molar-refractivity contribution >= 4 is 27.5 Å². The van der Waals surface area contributed by atoms with Gasteiger partial charge in [-0.25, -0.2) is 12.7 Å². The molecule has 0 aliphatic carbocycles. The molecule has 8 heteroatoms. The molecule has 1 amide bonds. The van der Waals surface area contributed by atoms with E-state index >= 15 is 0 Å². The average Bonchev–Trinajstić information content (AvgIpc) is 2.44. The maximum Gasteiger partial charge on any atom is 0.221 e. The van der Waals surface area contributed by atoms with Crippen LogP contribution in [0.1, 0.15) is 12.0 Å². The third-order valence-corrected chi connectivity index (χ3v) is 4.81. The Balaban J connectivity index is 2.43. The van der Waals surface area contributed by atoms with E-state index in [1.54, 1.807) is 12.1 Å². The van der Waals surface area contributed by atoms with Crippen LogP contribution in [0.2, 0.25) is 5.02 Å². The molecule has 130 valence electrons. The number of sulfonamides is 1. The lowest BCUT2D eigenvalue weighted by Gasteiger charge is -2.21. The fourth-order valence-corrected chi connectivity index (χ4v) is 2.83. The van der Waals surface area contributed by atoms with E-state index in [0.717, 1.165) is 11.8 Å². The Labute approximate surface area is 143 Å². The van der Waals surface area contributed by atoms with Crippen LogP contribution in [-0.2, 0) is 21.4 Å². The normalized spacial score (nSPS) is 11.9. The highest BCUT2D eigenvalue weighted by Crippen LogP contribution is 2.09. The first-order chi connectivity index (χ1) is 10.7. The quantitative estimate of drug-likeness (QED) is 0.716. The first-order valence-electron chi connectivity index (χ1n) is 7.29. The van der Waals surface area contributed by atoms with Crippen molar-refractivity contribution in [3.8, 4) is 0 Å². The van der Waals surface area contributed by atoms with Gasteiger partial charge in [-0.3, -0.25) is 4.79 Å². The molecule has 1 rings (SSSR count). The Morgan fingerprint density at radius 2 is 1.74 bits per heavy atom. The van der Waals surface area contributed by atoms with Crippen molar-refractivity contribution in [2.75, 3.05) is 40.0 Å². The molecule has 0 saturated carbocycles. The third-order valence-electron chi connectivity index (χ3n) is 3.26. The molecule has 0 radical (unpaired) electrons. The van der Waals surface area contributed by atoms with Crippen molar-refractivity contribution in [1.82, 2.24) is 14.5 Å². The highest BCUT2D eigenvalue weighted by atomic mass is 35.5. The van der Waals surface area contributed by atoms with Crippen LogP contribution in [0, 0.1) is 0 Å². The van der Waals surface area contributed by atoms with Crippen molar-refractivity contribution in [2.24, 2.45) is 0 Å². The van der Waals surface area contributed by atoms with Gasteiger partial charge in [-0.15, -0.1) is 0 Å². The van der Waals surface area contributed by atoms with Gasteiger partial charge in [-0.05, 0) is 31.8 Å². The average molecular weight is 362 g/mol. The lowest BCUT2D eigenvalue weighted by Crippen LogP contribution is -2.38. The van der Waals surface area contributed by atoms with Gasteiger partial charge in [0.2, 0.25) is 15.9 Å². The topological polar surface area (TPSA) is 69.7 Å². The second kappa shape index (κ2) is 9.22. The van der Waals surface area contributed by atoms with Crippen LogP contribution < -0.4 is 5.32 Å². The standard InChI is InChI=1S/C15H24ClN3O3S/c1-18(2)10-11-19(23(3,21)22)9-8-15(20)17-12-13-4-6-14(16)7-5-13/h4-7H,8-12H2,1-3H3,(H,17,20). The summed E-state index contributed by atoms with van der Waals surface area (Å²) >= 11 is 5.80. The number of halogens is 1. The van der Waals surface area contributed by atoms with Gasteiger partial charge in [0.25, 0.3) is 0 Å². The van der Waals surface area contributed by atoms with Gasteiger partial charge < -0.3 is 10.2 Å². The van der Waals surface area contributed by atoms with Gasteiger partial charge in [0.1, 0.15) is 0 Å². The summed E-state index contributed by atoms with van der Waals surface area (Å²) in [7, 11) is 0.432. The molecule has 1 N–H and O–H groups in total. The largest absolute Gasteiger partial charge is 0.352 e. The maximum absolute atomic E-state index is 11.9. The number of benzene rings is 1. The predicted molar refractivity (Wildman–Crippen MR) is 92.9 cm³/mol. The number of amides is 1. The number of rotatable bonds is 9. The molecule has 0 fully saturated rings. The fourth-order valence-electron chi connectivity index (χ4n) is 1.87. The zero-order valence-corrected chi connectivity index (χ0v) is 15.3. The minimum atomic E-state index is -3.32. The van der Waals surface area contributed by atoms with Crippen LogP contribution in [0.5, 0.6) is 0 Å². The van der Waals surface area contributed by atoms with Crippen LogP contribution >= 0.6 is 11.6 Å². The molecule has 0 saturated heterocycles. The highest BCUT2D eigenvalue weighted by Gasteiger charge is 2.17. The number of nitrogens with one attached hydrogen (secondary N) is 1. The van der Waals surface area contributed by atoms with E-state index in [-0.39, 0.29) is 18.9 Å². The van der Waals surface area contributed by atoms with Crippen molar-refractivity contribution in [2.45, 2.75) is 13.0 Å². The highest BCUT2D eigenvalue weighted by molar-refractivity contribution is 7.88. The summed E-state index contributed by atoms with van der Waals surface area (Å²) < 4.78 is 24.8. The molecular weight excluding hydrogens is 338 g/mol. The fraction of sp³-hybridized carbons (Fsp3) is 0.533. The number of hydrogen-bond donors (Lipinski definition) is 1. The Hall–Kier alpha value is -1.15. The van der Waals surface area contributed by atoms with Gasteiger partial charge in [0.05, 0.1) is 6.26 Å². The van der Waals surface area contributed by atoms with Crippen LogP contribution in [0.25, 0.3) is 0 Å². The molecule has 0 bridgehead atoms. The van der Waals surface area contributed by atoms with Crippen molar-refractivity contribution < 1.29 is 13.2 Å². The van der Waals surface area contributed by atoms with Crippen molar-refractivity contribution in [3.05, 3.63) is 34.9 Å². The minimum absolute atomic E-state index is 0.133. The van der Waals surface area contributed by atoms with Crippen LogP contribution in [0.15, 0.2) is 24.3 Å². The number of carbonyl (C=O) groups is 1. The lowest BCUT2D eigenvalue weighted by molar-refractivity contribution is -0.121. The molecule has 6 nitrogen and oxygen atoms in total. The Kier molecular flexibility index (Phi) is 7.98. The molecule has 0 aliphatic rings. The molecule has 0 aromatic heterocycles. The zero-order valence-electron chi connectivity index (χ0n) is 13.8. The van der Waals surface area contributed by atoms with Gasteiger partial charge >= 0.3 is 0 Å². The number of hydrogen-bond acceptors (Lipinski definition) is 4. The first kappa shape index (κ1) is 19.9. The second-order valence-corrected chi connectivity index (χ2v) is 8.04. The zero-order chi connectivity index (χ0) is 17.5. The number of nitrogens with zero attached hydrogens (tertiary/aromatic N) is 2. The van der Waals surface area contributed by atoms with Gasteiger partial charge in [-0.1, -0.05) is 23.7 Å². The predicted octanol–water partition coefficient (Wildman–Crippen LogP) is 1.17. The van der Waals surface area contributed by atoms with E-state index in [1.165, 1.54) is 4.31 Å². The molecule has 0 unspecified atom stereocenters. The summed E-state index contributed by atoms with van der Waals surface area (Å²) in [6, 6.07) is 7.19. The van der Waals surface area contributed by atoms with Crippen LogP contribution in [0.3, 0.4) is 0 Å². The molecular formula is C15H24ClN3O3S. The summed E-state index contributed by atoms with van der Waals surface area (Å²) in [5, 5.41) is 3.42. The van der Waals surface area contributed by atoms with E-state index < -0.39 is 10.0 Å². The summed E-state index contributed by atoms with van der Waals surface area (Å²) in [4.78, 5) is 13.8. The Morgan fingerprint density at radius 1 is 1.13 bits per heavy atom. The van der Waals surface area contributed by atoms with Gasteiger partial charge in [0, 0.05) is 37.6 Å². The smallest absolute Gasteiger partial charge is 0.221 e. The molecule has 0 atom stereocenters. The lowest BCUT2D eigenvalue weighted by atomic mass is 10.2. The molecule has 1 aromatic carbocycles. The third kappa shape index (κ3) is 8.31. The summed E-state index contributed by atoms with van der Waals surface area (Å²) in [5.74, 6) is -0.182. The second-order valence-electron chi connectivity index (χ2n) is 5.62. The molecule has 0 aliphatic heterocycles. The number of likely N-dealkylation sites (N-methyl/N-ethyl adjacent to an activating group) is 1. The van der Waals surface area contributed by atoms with Crippen LogP contribution in [0.4, 0.5) is 0 Å². The van der Waals surface area contributed by atoms with Gasteiger partial charge in [0.15, 0.2) is 0 Å². The minimum Gasteiger partial charge on any atom is -0.352 e. The number of carbonyl (C=O) groups excluding carboxylic acids is 1. The Morgan fingerprint density at radius 3 is 2.26 bits per heavy atom. The van der Waals surface area contributed by atoms with E-state index in [0.29, 0.717) is 24.7 Å². The van der Waals surface area contributed by atoms with Gasteiger partial charge in [-0.2, -0.15) is 0 Å². The SMILES string of the molecule is CN(C)CCN(CCC(=O)NCc1ccc(Cl)cc1)S(C)(=O)=O. The van der Waals surface area contributed by atoms with Crippen LogP contribution in [-0.4, -0.2) is 63.5 Å². The van der Waals surface area contributed by atoms with E-state index in [1.807, 2.05) is 31.1 Å². The van der Waals surface area contributed by atoms with Crippen molar-refractivity contribution in [3.63, 3.8) is 0 Å². The molecule has 23 heavy (non-hydrogen) atoms. The van der Waals surface area contributed by atoms with E-state index in [2.05, 4.69) is 5.32 Å². The monoisotopic (exact) mass is 361 g/mol. The molecule has 0 heterocycles. The Bertz CT molecular complexity index is 603. The van der Waals surface area contributed by atoms with E-state index in [9.17, 15) is 13.2 Å². The molecule has 0 spiro atoms. The summed E-state index contributed by atoms with van der Waals surface area (Å²) in [5.41, 5.74) is 0.940. The first-order valence-corrected chi connectivity index (χ1v) is 9.52. The van der Waals surface area contributed by atoms with Crippen molar-refractivity contribution in [1.29, 1.82) is 0 Å². The summed E-state index contributed by atoms with van der Waals surface area (Å²) in [6.07, 6.45) is 1.29.